The van der Waals surface area contributed by atoms with Gasteiger partial charge in [0.2, 0.25) is 10.0 Å². The molecule has 2 aromatic rings. The van der Waals surface area contributed by atoms with Crippen molar-refractivity contribution in [3.8, 4) is 5.75 Å². The van der Waals surface area contributed by atoms with Crippen molar-refractivity contribution in [3.05, 3.63) is 36.0 Å². The average Bonchev–Trinajstić information content (AvgIpc) is 2.79. The van der Waals surface area contributed by atoms with Crippen LogP contribution in [0.15, 0.2) is 35.4 Å². The Morgan fingerprint density at radius 2 is 2.10 bits per heavy atom. The minimum absolute atomic E-state index is 0.00923. The Hall–Kier alpha value is -2.06. The van der Waals surface area contributed by atoms with Gasteiger partial charge in [0.15, 0.2) is 5.82 Å². The van der Waals surface area contributed by atoms with E-state index in [4.69, 9.17) is 10.5 Å². The molecule has 0 fully saturated rings. The molecule has 7 nitrogen and oxygen atoms in total. The fourth-order valence-corrected chi connectivity index (χ4v) is 3.13. The molecule has 0 radical (unpaired) electrons. The van der Waals surface area contributed by atoms with Gasteiger partial charge in [-0.2, -0.15) is 5.10 Å². The number of sulfonamides is 1. The first-order valence-electron chi connectivity index (χ1n) is 6.34. The van der Waals surface area contributed by atoms with Crippen molar-refractivity contribution in [2.75, 3.05) is 19.4 Å². The fourth-order valence-electron chi connectivity index (χ4n) is 2.00. The number of methoxy groups -OCH3 is 1. The lowest BCUT2D eigenvalue weighted by Gasteiger charge is -2.09. The van der Waals surface area contributed by atoms with E-state index in [9.17, 15) is 8.42 Å². The van der Waals surface area contributed by atoms with Crippen LogP contribution in [0.2, 0.25) is 0 Å². The molecule has 0 spiro atoms. The fraction of sp³-hybridized carbons (Fsp3) is 0.308. The smallest absolute Gasteiger partial charge is 0.245 e. The normalized spacial score (nSPS) is 11.5. The van der Waals surface area contributed by atoms with Crippen LogP contribution >= 0.6 is 0 Å². The zero-order valence-corrected chi connectivity index (χ0v) is 12.7. The third kappa shape index (κ3) is 3.53. The Labute approximate surface area is 123 Å². The van der Waals surface area contributed by atoms with Crippen molar-refractivity contribution in [2.45, 2.75) is 11.3 Å². The monoisotopic (exact) mass is 310 g/mol. The number of hydrogen-bond acceptors (Lipinski definition) is 5. The molecule has 114 valence electrons. The second-order valence-corrected chi connectivity index (χ2v) is 6.25. The molecule has 1 aromatic heterocycles. The predicted molar refractivity (Wildman–Crippen MR) is 79.5 cm³/mol. The summed E-state index contributed by atoms with van der Waals surface area (Å²) < 4.78 is 33.4. The molecule has 0 bridgehead atoms. The van der Waals surface area contributed by atoms with E-state index < -0.39 is 10.0 Å². The standard InChI is InChI=1S/C13H18N4O3S/c1-17-9-12(13(14)16-17)21(18,19)15-8-7-10-5-3-4-6-11(10)20-2/h3-6,9,15H,7-8H2,1-2H3,(H2,14,16). The lowest BCUT2D eigenvalue weighted by Crippen LogP contribution is -2.26. The lowest BCUT2D eigenvalue weighted by molar-refractivity contribution is 0.409. The second-order valence-electron chi connectivity index (χ2n) is 4.51. The van der Waals surface area contributed by atoms with Gasteiger partial charge in [-0.1, -0.05) is 18.2 Å². The van der Waals surface area contributed by atoms with E-state index in [1.807, 2.05) is 24.3 Å². The highest BCUT2D eigenvalue weighted by Crippen LogP contribution is 2.18. The van der Waals surface area contributed by atoms with Crippen molar-refractivity contribution >= 4 is 15.8 Å². The van der Waals surface area contributed by atoms with Gasteiger partial charge >= 0.3 is 0 Å². The van der Waals surface area contributed by atoms with Gasteiger partial charge in [0, 0.05) is 19.8 Å². The topological polar surface area (TPSA) is 99.2 Å². The highest BCUT2D eigenvalue weighted by molar-refractivity contribution is 7.89. The zero-order chi connectivity index (χ0) is 15.5. The Morgan fingerprint density at radius 3 is 2.71 bits per heavy atom. The molecule has 2 rings (SSSR count). The Balaban J connectivity index is 2.04. The third-order valence-electron chi connectivity index (χ3n) is 2.99. The van der Waals surface area contributed by atoms with Gasteiger partial charge in [-0.05, 0) is 18.1 Å². The summed E-state index contributed by atoms with van der Waals surface area (Å²) in [6, 6.07) is 7.48. The highest BCUT2D eigenvalue weighted by atomic mass is 32.2. The van der Waals surface area contributed by atoms with Gasteiger partial charge in [-0.3, -0.25) is 4.68 Å². The molecule has 3 N–H and O–H groups in total. The summed E-state index contributed by atoms with van der Waals surface area (Å²) in [5, 5.41) is 3.83. The van der Waals surface area contributed by atoms with E-state index >= 15 is 0 Å². The first-order valence-corrected chi connectivity index (χ1v) is 7.83. The van der Waals surface area contributed by atoms with Crippen molar-refractivity contribution in [3.63, 3.8) is 0 Å². The molecule has 0 saturated heterocycles. The van der Waals surface area contributed by atoms with Crippen LogP contribution in [0.5, 0.6) is 5.75 Å². The number of aromatic nitrogens is 2. The number of rotatable bonds is 6. The maximum atomic E-state index is 12.1. The van der Waals surface area contributed by atoms with Crippen LogP contribution in [0.3, 0.4) is 0 Å². The van der Waals surface area contributed by atoms with E-state index in [2.05, 4.69) is 9.82 Å². The van der Waals surface area contributed by atoms with Crippen LogP contribution in [0.4, 0.5) is 5.82 Å². The quantitative estimate of drug-likeness (QED) is 0.811. The van der Waals surface area contributed by atoms with E-state index in [1.54, 1.807) is 14.2 Å². The minimum atomic E-state index is -3.66. The van der Waals surface area contributed by atoms with Crippen molar-refractivity contribution in [1.29, 1.82) is 0 Å². The minimum Gasteiger partial charge on any atom is -0.496 e. The first kappa shape index (κ1) is 15.3. The van der Waals surface area contributed by atoms with Crippen molar-refractivity contribution in [1.82, 2.24) is 14.5 Å². The lowest BCUT2D eigenvalue weighted by atomic mass is 10.1. The van der Waals surface area contributed by atoms with Gasteiger partial charge in [0.1, 0.15) is 10.6 Å². The number of anilines is 1. The summed E-state index contributed by atoms with van der Waals surface area (Å²) >= 11 is 0. The predicted octanol–water partition coefficient (Wildman–Crippen LogP) is 0.532. The number of benzene rings is 1. The molecule has 1 aromatic carbocycles. The molecular weight excluding hydrogens is 292 g/mol. The molecule has 0 aliphatic carbocycles. The number of ether oxygens (including phenoxy) is 1. The summed E-state index contributed by atoms with van der Waals surface area (Å²) in [5.41, 5.74) is 6.52. The largest absolute Gasteiger partial charge is 0.496 e. The van der Waals surface area contributed by atoms with Gasteiger partial charge < -0.3 is 10.5 Å². The third-order valence-corrected chi connectivity index (χ3v) is 4.47. The van der Waals surface area contributed by atoms with Crippen LogP contribution in [0, 0.1) is 0 Å². The summed E-state index contributed by atoms with van der Waals surface area (Å²) in [4.78, 5) is -0.00923. The van der Waals surface area contributed by atoms with E-state index in [0.29, 0.717) is 6.42 Å². The number of nitrogens with zero attached hydrogens (tertiary/aromatic N) is 2. The van der Waals surface area contributed by atoms with Crippen molar-refractivity contribution in [2.24, 2.45) is 7.05 Å². The summed E-state index contributed by atoms with van der Waals surface area (Å²) in [5.74, 6) is 0.722. The van der Waals surface area contributed by atoms with E-state index in [0.717, 1.165) is 11.3 Å². The molecule has 0 aliphatic rings. The van der Waals surface area contributed by atoms with Crippen LogP contribution in [0.1, 0.15) is 5.56 Å². The van der Waals surface area contributed by atoms with Crippen LogP contribution in [-0.2, 0) is 23.5 Å². The molecule has 0 aliphatic heterocycles. The molecule has 0 amide bonds. The maximum Gasteiger partial charge on any atom is 0.245 e. The van der Waals surface area contributed by atoms with Gasteiger partial charge in [0.05, 0.1) is 7.11 Å². The highest BCUT2D eigenvalue weighted by Gasteiger charge is 2.20. The molecular formula is C13H18N4O3S. The number of nitrogen functional groups attached to an aromatic ring is 1. The molecule has 21 heavy (non-hydrogen) atoms. The Bertz CT molecular complexity index is 725. The van der Waals surface area contributed by atoms with Crippen molar-refractivity contribution < 1.29 is 13.2 Å². The molecule has 0 atom stereocenters. The Morgan fingerprint density at radius 1 is 1.38 bits per heavy atom. The number of nitrogens with two attached hydrogens (primary N) is 1. The van der Waals surface area contributed by atoms with E-state index in [-0.39, 0.29) is 17.3 Å². The summed E-state index contributed by atoms with van der Waals surface area (Å²) in [6.07, 6.45) is 1.89. The summed E-state index contributed by atoms with van der Waals surface area (Å²) in [6.45, 7) is 0.247. The number of aryl methyl sites for hydroxylation is 1. The van der Waals surface area contributed by atoms with Gasteiger partial charge in [-0.15, -0.1) is 0 Å². The second kappa shape index (κ2) is 6.15. The van der Waals surface area contributed by atoms with Crippen LogP contribution in [0.25, 0.3) is 0 Å². The molecule has 1 heterocycles. The average molecular weight is 310 g/mol. The molecule has 0 unspecified atom stereocenters. The van der Waals surface area contributed by atoms with Gasteiger partial charge in [-0.25, -0.2) is 13.1 Å². The molecule has 8 heteroatoms. The Kier molecular flexibility index (Phi) is 4.49. The van der Waals surface area contributed by atoms with E-state index in [1.165, 1.54) is 10.9 Å². The number of nitrogens with one attached hydrogen (secondary N) is 1. The molecule has 0 saturated carbocycles. The number of para-hydroxylation sites is 1. The maximum absolute atomic E-state index is 12.1. The van der Waals surface area contributed by atoms with Crippen LogP contribution in [-0.4, -0.2) is 31.9 Å². The SMILES string of the molecule is COc1ccccc1CCNS(=O)(=O)c1cn(C)nc1N. The zero-order valence-electron chi connectivity index (χ0n) is 11.9. The first-order chi connectivity index (χ1) is 9.94. The number of hydrogen-bond donors (Lipinski definition) is 2. The summed E-state index contributed by atoms with van der Waals surface area (Å²) in [7, 11) is -0.461. The van der Waals surface area contributed by atoms with Crippen LogP contribution < -0.4 is 15.2 Å². The van der Waals surface area contributed by atoms with Gasteiger partial charge in [0.25, 0.3) is 0 Å².